The van der Waals surface area contributed by atoms with E-state index in [2.05, 4.69) is 29.8 Å². The topological polar surface area (TPSA) is 57.9 Å². The van der Waals surface area contributed by atoms with Crippen molar-refractivity contribution < 1.29 is 0 Å². The number of fused-ring (bicyclic) bond motifs is 1. The third-order valence-electron chi connectivity index (χ3n) is 3.78. The Kier molecular flexibility index (Phi) is 3.52. The predicted molar refractivity (Wildman–Crippen MR) is 89.5 cm³/mol. The molecule has 2 aromatic carbocycles. The summed E-state index contributed by atoms with van der Waals surface area (Å²) in [5, 5.41) is 0. The first kappa shape index (κ1) is 13.5. The number of aromatic amines is 1. The van der Waals surface area contributed by atoms with Gasteiger partial charge in [-0.1, -0.05) is 30.3 Å². The molecular formula is C17H20N4. The van der Waals surface area contributed by atoms with Crippen molar-refractivity contribution in [2.24, 2.45) is 0 Å². The SMILES string of the molecule is CCN(CC)c1cc2nc(-c3ccccc3)[nH]c2cc1N. The highest BCUT2D eigenvalue weighted by Crippen LogP contribution is 2.29. The highest BCUT2D eigenvalue weighted by atomic mass is 15.1. The summed E-state index contributed by atoms with van der Waals surface area (Å²) in [6.07, 6.45) is 0. The molecule has 0 bridgehead atoms. The number of hydrogen-bond donors (Lipinski definition) is 2. The Bertz CT molecular complexity index is 742. The van der Waals surface area contributed by atoms with Crippen molar-refractivity contribution in [2.45, 2.75) is 13.8 Å². The van der Waals surface area contributed by atoms with Crippen LogP contribution in [0.15, 0.2) is 42.5 Å². The van der Waals surface area contributed by atoms with E-state index < -0.39 is 0 Å². The molecule has 1 heterocycles. The summed E-state index contributed by atoms with van der Waals surface area (Å²) in [6.45, 7) is 6.13. The molecule has 0 aliphatic carbocycles. The average molecular weight is 280 g/mol. The van der Waals surface area contributed by atoms with Gasteiger partial charge in [-0.05, 0) is 26.0 Å². The second-order valence-electron chi connectivity index (χ2n) is 5.05. The maximum absolute atomic E-state index is 6.20. The van der Waals surface area contributed by atoms with Crippen LogP contribution in [0, 0.1) is 0 Å². The van der Waals surface area contributed by atoms with Crippen LogP contribution in [0.1, 0.15) is 13.8 Å². The Morgan fingerprint density at radius 3 is 2.48 bits per heavy atom. The number of nitrogens with one attached hydrogen (secondary N) is 1. The van der Waals surface area contributed by atoms with E-state index in [0.29, 0.717) is 0 Å². The molecule has 0 fully saturated rings. The first-order valence-corrected chi connectivity index (χ1v) is 7.32. The van der Waals surface area contributed by atoms with Crippen molar-refractivity contribution in [3.05, 3.63) is 42.5 Å². The molecule has 0 radical (unpaired) electrons. The number of benzene rings is 2. The van der Waals surface area contributed by atoms with E-state index in [9.17, 15) is 0 Å². The molecule has 3 N–H and O–H groups in total. The minimum Gasteiger partial charge on any atom is -0.397 e. The Balaban J connectivity index is 2.10. The van der Waals surface area contributed by atoms with Crippen LogP contribution in [0.4, 0.5) is 11.4 Å². The van der Waals surface area contributed by atoms with Gasteiger partial charge in [0.05, 0.1) is 22.4 Å². The Morgan fingerprint density at radius 2 is 1.81 bits per heavy atom. The van der Waals surface area contributed by atoms with Gasteiger partial charge >= 0.3 is 0 Å². The third kappa shape index (κ3) is 2.44. The van der Waals surface area contributed by atoms with Gasteiger partial charge < -0.3 is 15.6 Å². The maximum atomic E-state index is 6.20. The fourth-order valence-corrected chi connectivity index (χ4v) is 2.63. The van der Waals surface area contributed by atoms with Crippen LogP contribution < -0.4 is 10.6 Å². The fourth-order valence-electron chi connectivity index (χ4n) is 2.63. The van der Waals surface area contributed by atoms with Gasteiger partial charge in [0, 0.05) is 18.7 Å². The molecule has 0 saturated carbocycles. The lowest BCUT2D eigenvalue weighted by Crippen LogP contribution is -2.22. The van der Waals surface area contributed by atoms with Crippen LogP contribution in [0.3, 0.4) is 0 Å². The molecule has 0 aliphatic rings. The van der Waals surface area contributed by atoms with E-state index in [1.165, 1.54) is 0 Å². The van der Waals surface area contributed by atoms with Crippen LogP contribution >= 0.6 is 0 Å². The van der Waals surface area contributed by atoms with Crippen molar-refractivity contribution in [2.75, 3.05) is 23.7 Å². The van der Waals surface area contributed by atoms with Gasteiger partial charge in [0.1, 0.15) is 5.82 Å². The van der Waals surface area contributed by atoms with Crippen LogP contribution in [-0.2, 0) is 0 Å². The number of aromatic nitrogens is 2. The molecule has 0 spiro atoms. The molecule has 1 aromatic heterocycles. The number of nitrogens with zero attached hydrogens (tertiary/aromatic N) is 2. The monoisotopic (exact) mass is 280 g/mol. The normalized spacial score (nSPS) is 11.0. The summed E-state index contributed by atoms with van der Waals surface area (Å²) >= 11 is 0. The van der Waals surface area contributed by atoms with E-state index in [-0.39, 0.29) is 0 Å². The number of H-pyrrole nitrogens is 1. The summed E-state index contributed by atoms with van der Waals surface area (Å²) in [5.41, 5.74) is 11.0. The molecule has 3 aromatic rings. The molecule has 0 amide bonds. The predicted octanol–water partition coefficient (Wildman–Crippen LogP) is 3.66. The van der Waals surface area contributed by atoms with E-state index in [0.717, 1.165) is 46.9 Å². The van der Waals surface area contributed by atoms with Crippen molar-refractivity contribution in [3.63, 3.8) is 0 Å². The maximum Gasteiger partial charge on any atom is 0.138 e. The number of anilines is 2. The highest BCUT2D eigenvalue weighted by molar-refractivity contribution is 5.89. The van der Waals surface area contributed by atoms with E-state index >= 15 is 0 Å². The molecule has 3 rings (SSSR count). The summed E-state index contributed by atoms with van der Waals surface area (Å²) < 4.78 is 0. The minimum atomic E-state index is 0.787. The molecule has 0 aliphatic heterocycles. The largest absolute Gasteiger partial charge is 0.397 e. The lowest BCUT2D eigenvalue weighted by Gasteiger charge is -2.22. The van der Waals surface area contributed by atoms with E-state index in [1.807, 2.05) is 36.4 Å². The van der Waals surface area contributed by atoms with Gasteiger partial charge in [0.25, 0.3) is 0 Å². The second kappa shape index (κ2) is 5.48. The first-order valence-electron chi connectivity index (χ1n) is 7.32. The number of hydrogen-bond acceptors (Lipinski definition) is 3. The lowest BCUT2D eigenvalue weighted by atomic mass is 10.2. The zero-order valence-corrected chi connectivity index (χ0v) is 12.4. The molecule has 21 heavy (non-hydrogen) atoms. The zero-order valence-electron chi connectivity index (χ0n) is 12.4. The van der Waals surface area contributed by atoms with Gasteiger partial charge in [-0.15, -0.1) is 0 Å². The highest BCUT2D eigenvalue weighted by Gasteiger charge is 2.11. The van der Waals surface area contributed by atoms with Crippen molar-refractivity contribution >= 4 is 22.4 Å². The van der Waals surface area contributed by atoms with Gasteiger partial charge in [-0.25, -0.2) is 4.98 Å². The first-order chi connectivity index (χ1) is 10.2. The van der Waals surface area contributed by atoms with Crippen molar-refractivity contribution in [1.82, 2.24) is 9.97 Å². The standard InChI is InChI=1S/C17H20N4/c1-3-21(4-2)16-11-15-14(10-13(16)18)19-17(20-15)12-8-6-5-7-9-12/h5-11H,3-4,18H2,1-2H3,(H,19,20). The van der Waals surface area contributed by atoms with E-state index in [1.54, 1.807) is 0 Å². The van der Waals surface area contributed by atoms with Crippen molar-refractivity contribution in [3.8, 4) is 11.4 Å². The summed E-state index contributed by atoms with van der Waals surface area (Å²) in [4.78, 5) is 10.3. The van der Waals surface area contributed by atoms with Gasteiger partial charge in [0.2, 0.25) is 0 Å². The average Bonchev–Trinajstić information content (AvgIpc) is 2.92. The summed E-state index contributed by atoms with van der Waals surface area (Å²) in [7, 11) is 0. The molecule has 0 saturated heterocycles. The van der Waals surface area contributed by atoms with Gasteiger partial charge in [-0.2, -0.15) is 0 Å². The van der Waals surface area contributed by atoms with Gasteiger partial charge in [-0.3, -0.25) is 0 Å². The second-order valence-corrected chi connectivity index (χ2v) is 5.05. The van der Waals surface area contributed by atoms with Crippen LogP contribution in [-0.4, -0.2) is 23.1 Å². The summed E-state index contributed by atoms with van der Waals surface area (Å²) in [5.74, 6) is 0.877. The van der Waals surface area contributed by atoms with Gasteiger partial charge in [0.15, 0.2) is 0 Å². The molecule has 4 heteroatoms. The molecule has 108 valence electrons. The quantitative estimate of drug-likeness (QED) is 0.717. The van der Waals surface area contributed by atoms with Crippen LogP contribution in [0.25, 0.3) is 22.4 Å². The third-order valence-corrected chi connectivity index (χ3v) is 3.78. The van der Waals surface area contributed by atoms with Crippen LogP contribution in [0.5, 0.6) is 0 Å². The smallest absolute Gasteiger partial charge is 0.138 e. The van der Waals surface area contributed by atoms with Crippen molar-refractivity contribution in [1.29, 1.82) is 0 Å². The number of nitrogens with two attached hydrogens (primary N) is 1. The van der Waals surface area contributed by atoms with Crippen LogP contribution in [0.2, 0.25) is 0 Å². The zero-order chi connectivity index (χ0) is 14.8. The Labute approximate surface area is 124 Å². The molecule has 0 atom stereocenters. The lowest BCUT2D eigenvalue weighted by molar-refractivity contribution is 0.868. The molecule has 4 nitrogen and oxygen atoms in total. The number of rotatable bonds is 4. The fraction of sp³-hybridized carbons (Fsp3) is 0.235. The number of nitrogen functional groups attached to an aromatic ring is 1. The van der Waals surface area contributed by atoms with E-state index in [4.69, 9.17) is 10.7 Å². The molecular weight excluding hydrogens is 260 g/mol. The molecule has 0 unspecified atom stereocenters. The minimum absolute atomic E-state index is 0.787. The Morgan fingerprint density at radius 1 is 1.10 bits per heavy atom. The number of imidazole rings is 1. The summed E-state index contributed by atoms with van der Waals surface area (Å²) in [6, 6.07) is 14.2. The Hall–Kier alpha value is -2.49.